The lowest BCUT2D eigenvalue weighted by molar-refractivity contribution is -0.137. The third kappa shape index (κ3) is 8.32. The van der Waals surface area contributed by atoms with Crippen LogP contribution in [-0.4, -0.2) is 116 Å². The molecular formula is C50H56N8O8. The second kappa shape index (κ2) is 18.0. The molecule has 4 amide bonds. The number of nitrogens with zero attached hydrogens (tertiary/aromatic N) is 4. The number of hydrogen-bond donors (Lipinski definition) is 6. The van der Waals surface area contributed by atoms with Gasteiger partial charge in [0, 0.05) is 39.5 Å². The van der Waals surface area contributed by atoms with E-state index in [0.717, 1.165) is 91.9 Å². The van der Waals surface area contributed by atoms with Crippen molar-refractivity contribution >= 4 is 56.8 Å². The highest BCUT2D eigenvalue weighted by Gasteiger charge is 2.41. The van der Waals surface area contributed by atoms with Gasteiger partial charge in [-0.1, -0.05) is 30.3 Å². The van der Waals surface area contributed by atoms with Gasteiger partial charge in [0.05, 0.1) is 34.2 Å². The van der Waals surface area contributed by atoms with Crippen LogP contribution in [0.1, 0.15) is 86.2 Å². The number of amides is 4. The van der Waals surface area contributed by atoms with E-state index in [1.165, 1.54) is 0 Å². The van der Waals surface area contributed by atoms with E-state index < -0.39 is 24.3 Å². The molecule has 2 unspecified atom stereocenters. The Morgan fingerprint density at radius 2 is 1.11 bits per heavy atom. The number of aryl methyl sites for hydroxylation is 2. The first-order valence-corrected chi connectivity index (χ1v) is 23.3. The second-order valence-corrected chi connectivity index (χ2v) is 18.5. The maximum atomic E-state index is 14.0. The maximum absolute atomic E-state index is 14.0. The van der Waals surface area contributed by atoms with E-state index in [2.05, 4.69) is 83.0 Å². The van der Waals surface area contributed by atoms with Gasteiger partial charge in [-0.15, -0.1) is 0 Å². The topological polar surface area (TPSA) is 215 Å². The largest absolute Gasteiger partial charge is 0.465 e. The van der Waals surface area contributed by atoms with Gasteiger partial charge in [0.25, 0.3) is 0 Å². The van der Waals surface area contributed by atoms with Gasteiger partial charge in [-0.05, 0) is 152 Å². The van der Waals surface area contributed by atoms with Crippen LogP contribution in [0.4, 0.5) is 9.59 Å². The minimum Gasteiger partial charge on any atom is -0.465 e. The fraction of sp³-hybridized carbons (Fsp3) is 0.440. The van der Waals surface area contributed by atoms with Crippen molar-refractivity contribution in [1.82, 2.24) is 40.4 Å². The number of nitrogens with one attached hydrogen (secondary N) is 4. The van der Waals surface area contributed by atoms with Crippen molar-refractivity contribution in [2.45, 2.75) is 89.4 Å². The maximum Gasteiger partial charge on any atom is 0.405 e. The molecule has 6 N–H and O–H groups in total. The van der Waals surface area contributed by atoms with E-state index in [0.29, 0.717) is 76.8 Å². The number of rotatable bonds is 10. The van der Waals surface area contributed by atoms with E-state index in [1.807, 2.05) is 12.1 Å². The van der Waals surface area contributed by atoms with Crippen molar-refractivity contribution in [3.05, 3.63) is 83.4 Å². The summed E-state index contributed by atoms with van der Waals surface area (Å²) < 4.78 is 11.0. The molecule has 0 bridgehead atoms. The van der Waals surface area contributed by atoms with Crippen LogP contribution in [0.15, 0.2) is 60.7 Å². The summed E-state index contributed by atoms with van der Waals surface area (Å²) in [4.78, 5) is 72.1. The number of carboxylic acid groups (broad SMARTS) is 2. The van der Waals surface area contributed by atoms with E-state index in [9.17, 15) is 29.4 Å². The number of likely N-dealkylation sites (tertiary alicyclic amines) is 2. The molecule has 4 aliphatic rings. The molecule has 10 rings (SSSR count). The van der Waals surface area contributed by atoms with E-state index in [1.54, 1.807) is 9.80 Å². The van der Waals surface area contributed by atoms with Crippen molar-refractivity contribution in [3.8, 4) is 22.3 Å². The van der Waals surface area contributed by atoms with Crippen LogP contribution >= 0.6 is 0 Å². The first kappa shape index (κ1) is 43.4. The normalized spacial score (nSPS) is 20.6. The summed E-state index contributed by atoms with van der Waals surface area (Å²) in [6.45, 7) is 7.43. The number of carbonyl (C=O) groups excluding carboxylic acids is 2. The standard InChI is InChI=1S/C50H56N8O8/c1-27-23-34-24-31(32-8-11-36-38(25-32)53-45(51-36)40-5-3-17-57(40)47(59)43(55-49(61)62)29-13-19-65-20-14-29)7-10-35(34)28(2)42(27)33-9-12-37-39(26-33)54-46(52-37)41-6-4-18-58(41)48(60)44(56-50(63)64)30-15-21-66-22-16-30/h7-12,23-26,29-30,40-41,43-44,55-56H,3-6,13-22H2,1-2H3,(H,51,53)(H,52,54)(H,61,62)(H,63,64)/t40?,41-,43?,44-/m0/s1. The van der Waals surface area contributed by atoms with Crippen LogP contribution in [-0.2, 0) is 19.1 Å². The molecule has 66 heavy (non-hydrogen) atoms. The predicted octanol–water partition coefficient (Wildman–Crippen LogP) is 8.00. The van der Waals surface area contributed by atoms with Gasteiger partial charge in [0.2, 0.25) is 11.8 Å². The van der Waals surface area contributed by atoms with Crippen LogP contribution in [0, 0.1) is 25.7 Å². The minimum atomic E-state index is -1.20. The molecule has 4 aliphatic heterocycles. The Bertz CT molecular complexity index is 2840. The Morgan fingerprint density at radius 1 is 0.636 bits per heavy atom. The molecule has 4 saturated heterocycles. The summed E-state index contributed by atoms with van der Waals surface area (Å²) in [5.74, 6) is 0.765. The lowest BCUT2D eigenvalue weighted by Crippen LogP contribution is -2.52. The Kier molecular flexibility index (Phi) is 11.9. The van der Waals surface area contributed by atoms with Gasteiger partial charge >= 0.3 is 12.2 Å². The van der Waals surface area contributed by atoms with E-state index >= 15 is 0 Å². The number of carbonyl (C=O) groups is 4. The number of ether oxygens (including phenoxy) is 2. The first-order chi connectivity index (χ1) is 32.0. The quantitative estimate of drug-likeness (QED) is 0.0779. The third-order valence-corrected chi connectivity index (χ3v) is 14.5. The van der Waals surface area contributed by atoms with Crippen molar-refractivity contribution in [1.29, 1.82) is 0 Å². The van der Waals surface area contributed by atoms with Gasteiger partial charge in [0.1, 0.15) is 23.7 Å². The molecule has 0 aliphatic carbocycles. The van der Waals surface area contributed by atoms with E-state index in [4.69, 9.17) is 19.4 Å². The third-order valence-electron chi connectivity index (χ3n) is 14.5. The van der Waals surface area contributed by atoms with Gasteiger partial charge < -0.3 is 50.1 Å². The van der Waals surface area contributed by atoms with Crippen molar-refractivity contribution in [2.75, 3.05) is 39.5 Å². The van der Waals surface area contributed by atoms with Gasteiger partial charge in [0.15, 0.2) is 0 Å². The SMILES string of the molecule is Cc1cc2cc(-c3ccc4nc(C5CCCN5C(=O)C(NC(=O)O)C5CCOCC5)[nH]c4c3)ccc2c(C)c1-c1ccc2nc([C@@H]3CCCN3C(=O)[C@@H](NC(=O)O)C3CCOCC3)[nH]c2c1. The zero-order valence-electron chi connectivity index (χ0n) is 37.3. The average molecular weight is 897 g/mol. The smallest absolute Gasteiger partial charge is 0.405 e. The molecule has 0 saturated carbocycles. The molecule has 2 aromatic heterocycles. The second-order valence-electron chi connectivity index (χ2n) is 18.5. The zero-order chi connectivity index (χ0) is 45.6. The predicted molar refractivity (Wildman–Crippen MR) is 248 cm³/mol. The number of hydrogen-bond acceptors (Lipinski definition) is 8. The van der Waals surface area contributed by atoms with E-state index in [-0.39, 0.29) is 35.7 Å². The number of aromatic nitrogens is 4. The molecule has 344 valence electrons. The van der Waals surface area contributed by atoms with Gasteiger partial charge in [-0.3, -0.25) is 9.59 Å². The fourth-order valence-electron chi connectivity index (χ4n) is 11.2. The first-order valence-electron chi connectivity index (χ1n) is 23.3. The molecular weight excluding hydrogens is 841 g/mol. The molecule has 0 spiro atoms. The van der Waals surface area contributed by atoms with Crippen LogP contribution < -0.4 is 10.6 Å². The van der Waals surface area contributed by atoms with Crippen LogP contribution in [0.2, 0.25) is 0 Å². The minimum absolute atomic E-state index is 0.118. The summed E-state index contributed by atoms with van der Waals surface area (Å²) >= 11 is 0. The summed E-state index contributed by atoms with van der Waals surface area (Å²) in [5.41, 5.74) is 9.95. The molecule has 6 heterocycles. The molecule has 16 nitrogen and oxygen atoms in total. The molecule has 6 aromatic rings. The molecule has 4 fully saturated rings. The number of fused-ring (bicyclic) bond motifs is 3. The monoisotopic (exact) mass is 896 g/mol. The molecule has 16 heteroatoms. The van der Waals surface area contributed by atoms with Crippen LogP contribution in [0.3, 0.4) is 0 Å². The summed E-state index contributed by atoms with van der Waals surface area (Å²) in [6, 6.07) is 19.0. The molecule has 4 atom stereocenters. The Morgan fingerprint density at radius 3 is 1.62 bits per heavy atom. The Hall–Kier alpha value is -6.52. The number of H-pyrrole nitrogens is 2. The highest BCUT2D eigenvalue weighted by atomic mass is 16.5. The van der Waals surface area contributed by atoms with Crippen LogP contribution in [0.5, 0.6) is 0 Å². The number of aromatic amines is 2. The lowest BCUT2D eigenvalue weighted by Gasteiger charge is -2.33. The molecule has 0 radical (unpaired) electrons. The van der Waals surface area contributed by atoms with Crippen molar-refractivity contribution in [3.63, 3.8) is 0 Å². The lowest BCUT2D eigenvalue weighted by atomic mass is 9.89. The summed E-state index contributed by atoms with van der Waals surface area (Å²) in [7, 11) is 0. The molecule has 4 aromatic carbocycles. The highest BCUT2D eigenvalue weighted by molar-refractivity contribution is 5.97. The van der Waals surface area contributed by atoms with Crippen LogP contribution in [0.25, 0.3) is 55.1 Å². The van der Waals surface area contributed by atoms with Gasteiger partial charge in [-0.2, -0.15) is 0 Å². The van der Waals surface area contributed by atoms with Gasteiger partial charge in [-0.25, -0.2) is 19.6 Å². The summed E-state index contributed by atoms with van der Waals surface area (Å²) in [5, 5.41) is 26.6. The average Bonchev–Trinajstić information content (AvgIpc) is 4.16. The van der Waals surface area contributed by atoms with Crippen molar-refractivity contribution in [2.24, 2.45) is 11.8 Å². The zero-order valence-corrected chi connectivity index (χ0v) is 37.3. The summed E-state index contributed by atoms with van der Waals surface area (Å²) in [6.07, 6.45) is 3.20. The Labute approximate surface area is 381 Å². The fourth-order valence-corrected chi connectivity index (χ4v) is 11.2. The van der Waals surface area contributed by atoms with Crippen molar-refractivity contribution < 1.29 is 38.9 Å². The number of benzene rings is 4. The Balaban J connectivity index is 0.883. The highest BCUT2D eigenvalue weighted by Crippen LogP contribution is 2.39. The number of imidazole rings is 2.